The number of benzene rings is 1. The summed E-state index contributed by atoms with van der Waals surface area (Å²) in [4.78, 5) is 6.73. The molecule has 0 atom stereocenters. The maximum Gasteiger partial charge on any atom is 0.124 e. The van der Waals surface area contributed by atoms with E-state index in [1.54, 1.807) is 11.3 Å². The van der Waals surface area contributed by atoms with E-state index < -0.39 is 0 Å². The predicted octanol–water partition coefficient (Wildman–Crippen LogP) is 4.20. The Bertz CT molecular complexity index is 503. The van der Waals surface area contributed by atoms with Crippen molar-refractivity contribution in [2.75, 3.05) is 19.0 Å². The number of anilines is 1. The minimum Gasteiger partial charge on any atom is -0.378 e. The molecule has 0 bridgehead atoms. The van der Waals surface area contributed by atoms with Crippen molar-refractivity contribution in [1.82, 2.24) is 4.98 Å². The van der Waals surface area contributed by atoms with E-state index in [9.17, 15) is 0 Å². The molecule has 0 spiro atoms. The van der Waals surface area contributed by atoms with E-state index in [2.05, 4.69) is 57.0 Å². The van der Waals surface area contributed by atoms with Crippen molar-refractivity contribution in [1.29, 1.82) is 0 Å². The minimum absolute atomic E-state index is 0.965. The normalized spacial score (nSPS) is 10.6. The standard InChI is InChI=1S/C13H15BrN2S/c1-4-11-12(14)17-13(15-11)9-5-7-10(8-6-9)16(2)3/h5-8H,4H2,1-3H3. The number of nitrogens with zero attached hydrogens (tertiary/aromatic N) is 2. The molecule has 0 fully saturated rings. The highest BCUT2D eigenvalue weighted by molar-refractivity contribution is 9.11. The molecular formula is C13H15BrN2S. The van der Waals surface area contributed by atoms with Crippen LogP contribution in [0.4, 0.5) is 5.69 Å². The van der Waals surface area contributed by atoms with Crippen LogP contribution in [0.2, 0.25) is 0 Å². The molecule has 0 unspecified atom stereocenters. The van der Waals surface area contributed by atoms with Gasteiger partial charge in [-0.2, -0.15) is 0 Å². The summed E-state index contributed by atoms with van der Waals surface area (Å²) in [5, 5.41) is 1.08. The van der Waals surface area contributed by atoms with Crippen LogP contribution in [0, 0.1) is 0 Å². The van der Waals surface area contributed by atoms with Gasteiger partial charge in [0, 0.05) is 25.3 Å². The van der Waals surface area contributed by atoms with Gasteiger partial charge in [0.25, 0.3) is 0 Å². The van der Waals surface area contributed by atoms with Crippen molar-refractivity contribution in [2.24, 2.45) is 0 Å². The fraction of sp³-hybridized carbons (Fsp3) is 0.308. The smallest absolute Gasteiger partial charge is 0.124 e. The van der Waals surface area contributed by atoms with E-state index in [-0.39, 0.29) is 0 Å². The SMILES string of the molecule is CCc1nc(-c2ccc(N(C)C)cc2)sc1Br. The third kappa shape index (κ3) is 2.69. The molecule has 0 radical (unpaired) electrons. The van der Waals surface area contributed by atoms with Gasteiger partial charge in [-0.25, -0.2) is 4.98 Å². The van der Waals surface area contributed by atoms with Gasteiger partial charge in [-0.3, -0.25) is 0 Å². The maximum absolute atomic E-state index is 4.63. The molecule has 1 aromatic heterocycles. The van der Waals surface area contributed by atoms with Crippen molar-refractivity contribution >= 4 is 33.0 Å². The molecule has 0 aliphatic carbocycles. The van der Waals surface area contributed by atoms with E-state index in [1.807, 2.05) is 14.1 Å². The first-order valence-electron chi connectivity index (χ1n) is 5.54. The van der Waals surface area contributed by atoms with Gasteiger partial charge < -0.3 is 4.90 Å². The molecule has 0 aliphatic rings. The van der Waals surface area contributed by atoms with Gasteiger partial charge in [-0.15, -0.1) is 11.3 Å². The monoisotopic (exact) mass is 310 g/mol. The lowest BCUT2D eigenvalue weighted by Gasteiger charge is -2.11. The zero-order valence-electron chi connectivity index (χ0n) is 10.2. The Morgan fingerprint density at radius 2 is 1.88 bits per heavy atom. The van der Waals surface area contributed by atoms with Gasteiger partial charge in [-0.05, 0) is 46.6 Å². The van der Waals surface area contributed by atoms with Crippen molar-refractivity contribution in [3.05, 3.63) is 33.7 Å². The number of hydrogen-bond acceptors (Lipinski definition) is 3. The Balaban J connectivity index is 2.33. The van der Waals surface area contributed by atoms with Gasteiger partial charge >= 0.3 is 0 Å². The fourth-order valence-corrected chi connectivity index (χ4v) is 3.29. The molecule has 0 N–H and O–H groups in total. The minimum atomic E-state index is 0.965. The molecular weight excluding hydrogens is 296 g/mol. The molecule has 90 valence electrons. The van der Waals surface area contributed by atoms with Crippen LogP contribution in [0.25, 0.3) is 10.6 Å². The Hall–Kier alpha value is -0.870. The van der Waals surface area contributed by atoms with Crippen LogP contribution >= 0.6 is 27.3 Å². The molecule has 2 nitrogen and oxygen atoms in total. The zero-order valence-corrected chi connectivity index (χ0v) is 12.6. The topological polar surface area (TPSA) is 16.1 Å². The summed E-state index contributed by atoms with van der Waals surface area (Å²) in [7, 11) is 4.09. The van der Waals surface area contributed by atoms with E-state index in [1.165, 1.54) is 11.3 Å². The van der Waals surface area contributed by atoms with Crippen LogP contribution in [0.3, 0.4) is 0 Å². The van der Waals surface area contributed by atoms with E-state index in [0.29, 0.717) is 0 Å². The van der Waals surface area contributed by atoms with Crippen LogP contribution in [0.15, 0.2) is 28.1 Å². The molecule has 2 rings (SSSR count). The average molecular weight is 311 g/mol. The molecule has 17 heavy (non-hydrogen) atoms. The Labute approximate surface area is 114 Å². The van der Waals surface area contributed by atoms with Gasteiger partial charge in [0.2, 0.25) is 0 Å². The van der Waals surface area contributed by atoms with Gasteiger partial charge in [0.05, 0.1) is 9.48 Å². The molecule has 4 heteroatoms. The molecule has 1 aromatic carbocycles. The predicted molar refractivity (Wildman–Crippen MR) is 79.0 cm³/mol. The summed E-state index contributed by atoms with van der Waals surface area (Å²) in [5.74, 6) is 0. The number of hydrogen-bond donors (Lipinski definition) is 0. The van der Waals surface area contributed by atoms with Crippen LogP contribution in [0.1, 0.15) is 12.6 Å². The molecule has 0 amide bonds. The van der Waals surface area contributed by atoms with E-state index >= 15 is 0 Å². The second-order valence-corrected chi connectivity index (χ2v) is 6.35. The molecule has 2 aromatic rings. The van der Waals surface area contributed by atoms with Crippen molar-refractivity contribution in [3.63, 3.8) is 0 Å². The highest BCUT2D eigenvalue weighted by Gasteiger charge is 2.09. The van der Waals surface area contributed by atoms with Crippen LogP contribution < -0.4 is 4.90 Å². The van der Waals surface area contributed by atoms with Gasteiger partial charge in [0.15, 0.2) is 0 Å². The zero-order chi connectivity index (χ0) is 12.4. The largest absolute Gasteiger partial charge is 0.378 e. The number of rotatable bonds is 3. The number of halogens is 1. The fourth-order valence-electron chi connectivity index (χ4n) is 1.58. The lowest BCUT2D eigenvalue weighted by molar-refractivity contribution is 1.06. The quantitative estimate of drug-likeness (QED) is 0.844. The third-order valence-electron chi connectivity index (χ3n) is 2.62. The van der Waals surface area contributed by atoms with E-state index in [0.717, 1.165) is 20.9 Å². The lowest BCUT2D eigenvalue weighted by atomic mass is 10.2. The Morgan fingerprint density at radius 3 is 2.35 bits per heavy atom. The lowest BCUT2D eigenvalue weighted by Crippen LogP contribution is -2.07. The molecule has 1 heterocycles. The first-order valence-corrected chi connectivity index (χ1v) is 7.15. The summed E-state index contributed by atoms with van der Waals surface area (Å²) in [6, 6.07) is 8.49. The highest BCUT2D eigenvalue weighted by Crippen LogP contribution is 2.32. The summed E-state index contributed by atoms with van der Waals surface area (Å²) in [5.41, 5.74) is 3.53. The van der Waals surface area contributed by atoms with E-state index in [4.69, 9.17) is 0 Å². The summed E-state index contributed by atoms with van der Waals surface area (Å²) < 4.78 is 1.15. The summed E-state index contributed by atoms with van der Waals surface area (Å²) >= 11 is 5.26. The van der Waals surface area contributed by atoms with Crippen LogP contribution in [-0.2, 0) is 6.42 Å². The average Bonchev–Trinajstić information content (AvgIpc) is 2.70. The Kier molecular flexibility index (Phi) is 3.84. The molecule has 0 saturated carbocycles. The first-order chi connectivity index (χ1) is 8.11. The van der Waals surface area contributed by atoms with Crippen LogP contribution in [0.5, 0.6) is 0 Å². The van der Waals surface area contributed by atoms with Crippen molar-refractivity contribution in [2.45, 2.75) is 13.3 Å². The third-order valence-corrected chi connectivity index (χ3v) is 4.49. The van der Waals surface area contributed by atoms with Gasteiger partial charge in [-0.1, -0.05) is 6.92 Å². The summed E-state index contributed by atoms with van der Waals surface area (Å²) in [6.07, 6.45) is 0.965. The Morgan fingerprint density at radius 1 is 1.24 bits per heavy atom. The van der Waals surface area contributed by atoms with Crippen molar-refractivity contribution in [3.8, 4) is 10.6 Å². The summed E-state index contributed by atoms with van der Waals surface area (Å²) in [6.45, 7) is 2.12. The first kappa shape index (κ1) is 12.6. The second-order valence-electron chi connectivity index (χ2n) is 4.03. The van der Waals surface area contributed by atoms with Gasteiger partial charge in [0.1, 0.15) is 5.01 Å². The maximum atomic E-state index is 4.63. The number of aromatic nitrogens is 1. The van der Waals surface area contributed by atoms with Crippen molar-refractivity contribution < 1.29 is 0 Å². The second kappa shape index (κ2) is 5.19. The highest BCUT2D eigenvalue weighted by atomic mass is 79.9. The number of aryl methyl sites for hydroxylation is 1. The number of thiazole rings is 1. The molecule has 0 saturated heterocycles. The van der Waals surface area contributed by atoms with Crippen LogP contribution in [-0.4, -0.2) is 19.1 Å². The molecule has 0 aliphatic heterocycles.